The third-order valence-electron chi connectivity index (χ3n) is 2.71. The number of thiophene rings is 1. The maximum absolute atomic E-state index is 3.47. The normalized spacial score (nSPS) is 10.5. The maximum Gasteiger partial charge on any atom is 0.0340 e. The van der Waals surface area contributed by atoms with Crippen molar-refractivity contribution in [2.24, 2.45) is 0 Å². The van der Waals surface area contributed by atoms with Crippen LogP contribution in [0.1, 0.15) is 17.4 Å². The highest BCUT2D eigenvalue weighted by Gasteiger charge is 1.96. The third kappa shape index (κ3) is 4.39. The van der Waals surface area contributed by atoms with Crippen LogP contribution in [0.3, 0.4) is 0 Å². The number of hydrogen-bond acceptors (Lipinski definition) is 3. The summed E-state index contributed by atoms with van der Waals surface area (Å²) in [7, 11) is 0. The van der Waals surface area contributed by atoms with Crippen LogP contribution in [0.5, 0.6) is 0 Å². The summed E-state index contributed by atoms with van der Waals surface area (Å²) in [5.41, 5.74) is 2.63. The monoisotopic (exact) mass is 277 g/mol. The van der Waals surface area contributed by atoms with Gasteiger partial charge in [0.05, 0.1) is 0 Å². The molecular weight excluding hydrogens is 258 g/mol. The molecule has 0 saturated carbocycles. The van der Waals surface area contributed by atoms with Crippen molar-refractivity contribution in [1.29, 1.82) is 0 Å². The molecule has 0 aliphatic carbocycles. The largest absolute Gasteiger partial charge is 0.385 e. The number of anilines is 1. The van der Waals surface area contributed by atoms with E-state index in [2.05, 4.69) is 54.0 Å². The predicted octanol–water partition coefficient (Wildman–Crippen LogP) is 4.66. The fraction of sp³-hybridized carbons (Fsp3) is 0.333. The second kappa shape index (κ2) is 7.49. The summed E-state index contributed by atoms with van der Waals surface area (Å²) in [6, 6.07) is 13.1. The highest BCUT2D eigenvalue weighted by atomic mass is 32.2. The minimum atomic E-state index is 1.00. The molecule has 3 heteroatoms. The van der Waals surface area contributed by atoms with Gasteiger partial charge >= 0.3 is 0 Å². The van der Waals surface area contributed by atoms with E-state index in [1.165, 1.54) is 21.9 Å². The molecule has 0 saturated heterocycles. The van der Waals surface area contributed by atoms with Crippen molar-refractivity contribution in [2.45, 2.75) is 19.1 Å². The Morgan fingerprint density at radius 3 is 2.67 bits per heavy atom. The highest BCUT2D eigenvalue weighted by molar-refractivity contribution is 7.98. The van der Waals surface area contributed by atoms with E-state index in [-0.39, 0.29) is 0 Å². The van der Waals surface area contributed by atoms with Gasteiger partial charge in [-0.3, -0.25) is 0 Å². The quantitative estimate of drug-likeness (QED) is 0.790. The lowest BCUT2D eigenvalue weighted by molar-refractivity contribution is 1.04. The first-order valence-corrected chi connectivity index (χ1v) is 8.35. The Labute approximate surface area is 118 Å². The molecular formula is C15H19NS2. The first-order valence-electron chi connectivity index (χ1n) is 6.31. The average molecular weight is 277 g/mol. The van der Waals surface area contributed by atoms with E-state index in [0.29, 0.717) is 0 Å². The van der Waals surface area contributed by atoms with Crippen molar-refractivity contribution in [2.75, 3.05) is 17.6 Å². The molecule has 0 aliphatic rings. The Balaban J connectivity index is 1.75. The minimum absolute atomic E-state index is 1.00. The van der Waals surface area contributed by atoms with E-state index in [4.69, 9.17) is 0 Å². The summed E-state index contributed by atoms with van der Waals surface area (Å²) in [6.07, 6.45) is 1.10. The summed E-state index contributed by atoms with van der Waals surface area (Å²) in [5.74, 6) is 2.30. The van der Waals surface area contributed by atoms with Gasteiger partial charge in [-0.05, 0) is 41.3 Å². The molecule has 0 amide bonds. The molecule has 1 aromatic heterocycles. The highest BCUT2D eigenvalue weighted by Crippen LogP contribution is 2.15. The molecule has 1 heterocycles. The third-order valence-corrected chi connectivity index (χ3v) is 4.59. The second-order valence-corrected chi connectivity index (χ2v) is 6.40. The van der Waals surface area contributed by atoms with Crippen LogP contribution in [-0.4, -0.2) is 12.3 Å². The van der Waals surface area contributed by atoms with Crippen molar-refractivity contribution in [3.8, 4) is 0 Å². The van der Waals surface area contributed by atoms with Gasteiger partial charge in [-0.1, -0.05) is 25.1 Å². The van der Waals surface area contributed by atoms with Gasteiger partial charge in [0, 0.05) is 22.9 Å². The van der Waals surface area contributed by atoms with Gasteiger partial charge in [-0.15, -0.1) is 11.3 Å². The molecule has 0 unspecified atom stereocenters. The summed E-state index contributed by atoms with van der Waals surface area (Å²) >= 11 is 3.79. The van der Waals surface area contributed by atoms with Crippen LogP contribution in [0.4, 0.5) is 5.69 Å². The fourth-order valence-corrected chi connectivity index (χ4v) is 3.06. The second-order valence-electron chi connectivity index (χ2n) is 4.09. The van der Waals surface area contributed by atoms with E-state index >= 15 is 0 Å². The average Bonchev–Trinajstić information content (AvgIpc) is 2.91. The van der Waals surface area contributed by atoms with Crippen molar-refractivity contribution in [3.05, 3.63) is 52.2 Å². The number of thioether (sulfide) groups is 1. The van der Waals surface area contributed by atoms with E-state index in [1.807, 2.05) is 23.1 Å². The van der Waals surface area contributed by atoms with E-state index in [9.17, 15) is 0 Å². The van der Waals surface area contributed by atoms with Gasteiger partial charge in [-0.25, -0.2) is 0 Å². The van der Waals surface area contributed by atoms with Crippen molar-refractivity contribution in [3.63, 3.8) is 0 Å². The van der Waals surface area contributed by atoms with Crippen LogP contribution in [0, 0.1) is 0 Å². The van der Waals surface area contributed by atoms with Gasteiger partial charge in [0.2, 0.25) is 0 Å². The number of rotatable bonds is 7. The Bertz CT molecular complexity index is 434. The van der Waals surface area contributed by atoms with Gasteiger partial charge < -0.3 is 5.32 Å². The van der Waals surface area contributed by atoms with Gasteiger partial charge in [0.1, 0.15) is 0 Å². The zero-order valence-corrected chi connectivity index (χ0v) is 12.3. The van der Waals surface area contributed by atoms with Crippen molar-refractivity contribution >= 4 is 28.8 Å². The Morgan fingerprint density at radius 1 is 1.17 bits per heavy atom. The lowest BCUT2D eigenvalue weighted by Gasteiger charge is -2.06. The molecule has 0 spiro atoms. The Morgan fingerprint density at radius 2 is 2.00 bits per heavy atom. The standard InChI is InChI=1S/C15H19NS2/c1-2-17-12-13-5-7-14(8-6-13)16-10-9-15-4-3-11-18-15/h3-8,11,16H,2,9-10,12H2,1H3. The number of hydrogen-bond donors (Lipinski definition) is 1. The number of benzene rings is 1. The first kappa shape index (κ1) is 13.5. The summed E-state index contributed by atoms with van der Waals surface area (Å²) in [5, 5.41) is 5.60. The summed E-state index contributed by atoms with van der Waals surface area (Å²) in [4.78, 5) is 1.44. The molecule has 0 atom stereocenters. The Hall–Kier alpha value is -0.930. The molecule has 1 aromatic carbocycles. The van der Waals surface area contributed by atoms with E-state index in [1.54, 1.807) is 0 Å². The van der Waals surface area contributed by atoms with Gasteiger partial charge in [0.25, 0.3) is 0 Å². The van der Waals surface area contributed by atoms with Crippen LogP contribution >= 0.6 is 23.1 Å². The zero-order chi connectivity index (χ0) is 12.6. The number of nitrogens with one attached hydrogen (secondary N) is 1. The minimum Gasteiger partial charge on any atom is -0.385 e. The molecule has 18 heavy (non-hydrogen) atoms. The van der Waals surface area contributed by atoms with Crippen LogP contribution in [-0.2, 0) is 12.2 Å². The molecule has 2 aromatic rings. The van der Waals surface area contributed by atoms with E-state index < -0.39 is 0 Å². The van der Waals surface area contributed by atoms with Crippen molar-refractivity contribution in [1.82, 2.24) is 0 Å². The summed E-state index contributed by atoms with van der Waals surface area (Å²) < 4.78 is 0. The molecule has 1 nitrogen and oxygen atoms in total. The molecule has 0 bridgehead atoms. The first-order chi connectivity index (χ1) is 8.88. The predicted molar refractivity (Wildman–Crippen MR) is 84.8 cm³/mol. The molecule has 0 radical (unpaired) electrons. The summed E-state index contributed by atoms with van der Waals surface area (Å²) in [6.45, 7) is 3.20. The topological polar surface area (TPSA) is 12.0 Å². The molecule has 96 valence electrons. The van der Waals surface area contributed by atoms with Crippen LogP contribution in [0.25, 0.3) is 0 Å². The van der Waals surface area contributed by atoms with E-state index in [0.717, 1.165) is 18.7 Å². The SMILES string of the molecule is CCSCc1ccc(NCCc2cccs2)cc1. The molecule has 1 N–H and O–H groups in total. The lowest BCUT2D eigenvalue weighted by atomic mass is 10.2. The molecule has 0 aliphatic heterocycles. The zero-order valence-electron chi connectivity index (χ0n) is 10.7. The fourth-order valence-electron chi connectivity index (χ4n) is 1.72. The Kier molecular flexibility index (Phi) is 5.62. The molecule has 2 rings (SSSR count). The van der Waals surface area contributed by atoms with Crippen molar-refractivity contribution < 1.29 is 0 Å². The van der Waals surface area contributed by atoms with Gasteiger partial charge in [-0.2, -0.15) is 11.8 Å². The van der Waals surface area contributed by atoms with Gasteiger partial charge in [0.15, 0.2) is 0 Å². The van der Waals surface area contributed by atoms with Crippen LogP contribution in [0.15, 0.2) is 41.8 Å². The lowest BCUT2D eigenvalue weighted by Crippen LogP contribution is -2.03. The van der Waals surface area contributed by atoms with Crippen LogP contribution in [0.2, 0.25) is 0 Å². The van der Waals surface area contributed by atoms with Crippen LogP contribution < -0.4 is 5.32 Å². The smallest absolute Gasteiger partial charge is 0.0340 e. The maximum atomic E-state index is 3.47. The molecule has 0 fully saturated rings.